The summed E-state index contributed by atoms with van der Waals surface area (Å²) in [7, 11) is 0. The van der Waals surface area contributed by atoms with Crippen LogP contribution in [0.15, 0.2) is 40.9 Å². The Kier molecular flexibility index (Phi) is 3.93. The molecule has 3 N–H and O–H groups in total. The highest BCUT2D eigenvalue weighted by molar-refractivity contribution is 9.10. The molecule has 0 aliphatic carbocycles. The average molecular weight is 325 g/mol. The first-order valence-corrected chi connectivity index (χ1v) is 5.95. The number of hydrogen-bond acceptors (Lipinski definition) is 6. The van der Waals surface area contributed by atoms with Gasteiger partial charge < -0.3 is 10.2 Å². The van der Waals surface area contributed by atoms with Gasteiger partial charge in [0.05, 0.1) is 4.92 Å². The lowest BCUT2D eigenvalue weighted by atomic mass is 10.3. The number of halogens is 1. The molecule has 19 heavy (non-hydrogen) atoms. The largest absolute Gasteiger partial charge is 0.432 e. The van der Waals surface area contributed by atoms with Crippen molar-refractivity contribution in [2.24, 2.45) is 5.84 Å². The highest BCUT2D eigenvalue weighted by Gasteiger charge is 2.16. The number of nitro groups is 1. The van der Waals surface area contributed by atoms with Crippen LogP contribution in [0.3, 0.4) is 0 Å². The van der Waals surface area contributed by atoms with E-state index < -0.39 is 4.92 Å². The molecule has 0 amide bonds. The lowest BCUT2D eigenvalue weighted by Crippen LogP contribution is -2.08. The van der Waals surface area contributed by atoms with Gasteiger partial charge in [-0.05, 0) is 18.2 Å². The molecule has 7 nitrogen and oxygen atoms in total. The number of aromatic nitrogens is 1. The fraction of sp³-hybridized carbons (Fsp3) is 0. The van der Waals surface area contributed by atoms with Gasteiger partial charge in [0, 0.05) is 16.6 Å². The van der Waals surface area contributed by atoms with E-state index in [1.807, 2.05) is 0 Å². The van der Waals surface area contributed by atoms with Gasteiger partial charge in [0.2, 0.25) is 11.6 Å². The number of benzene rings is 1. The summed E-state index contributed by atoms with van der Waals surface area (Å²) in [6.45, 7) is 0. The second-order valence-electron chi connectivity index (χ2n) is 3.48. The minimum atomic E-state index is -0.523. The number of nitrogen functional groups attached to an aromatic ring is 1. The Morgan fingerprint density at radius 1 is 1.37 bits per heavy atom. The van der Waals surface area contributed by atoms with Gasteiger partial charge in [0.1, 0.15) is 5.82 Å². The smallest absolute Gasteiger partial charge is 0.312 e. The molecule has 98 valence electrons. The van der Waals surface area contributed by atoms with Crippen LogP contribution in [0.5, 0.6) is 11.6 Å². The maximum Gasteiger partial charge on any atom is 0.312 e. The number of rotatable bonds is 4. The molecule has 2 rings (SSSR count). The Labute approximate surface area is 116 Å². The van der Waals surface area contributed by atoms with Crippen LogP contribution in [0.1, 0.15) is 0 Å². The monoisotopic (exact) mass is 324 g/mol. The van der Waals surface area contributed by atoms with Gasteiger partial charge >= 0.3 is 5.69 Å². The van der Waals surface area contributed by atoms with Gasteiger partial charge in [-0.3, -0.25) is 10.1 Å². The summed E-state index contributed by atoms with van der Waals surface area (Å²) in [4.78, 5) is 14.4. The molecule has 0 unspecified atom stereocenters. The number of pyridine rings is 1. The summed E-state index contributed by atoms with van der Waals surface area (Å²) >= 11 is 3.17. The molecule has 2 aromatic rings. The van der Waals surface area contributed by atoms with Crippen molar-refractivity contribution in [1.82, 2.24) is 4.98 Å². The zero-order chi connectivity index (χ0) is 13.8. The van der Waals surface area contributed by atoms with Gasteiger partial charge in [-0.15, -0.1) is 0 Å². The van der Waals surface area contributed by atoms with Crippen molar-refractivity contribution < 1.29 is 9.66 Å². The third-order valence-electron chi connectivity index (χ3n) is 2.20. The number of anilines is 1. The van der Waals surface area contributed by atoms with Crippen LogP contribution >= 0.6 is 15.9 Å². The summed E-state index contributed by atoms with van der Waals surface area (Å²) in [5.74, 6) is 5.94. The molecule has 0 bridgehead atoms. The molecule has 1 aromatic carbocycles. The van der Waals surface area contributed by atoms with E-state index >= 15 is 0 Å². The van der Waals surface area contributed by atoms with Crippen molar-refractivity contribution in [3.63, 3.8) is 0 Å². The molecule has 0 fully saturated rings. The maximum absolute atomic E-state index is 10.9. The van der Waals surface area contributed by atoms with E-state index in [0.29, 0.717) is 10.3 Å². The van der Waals surface area contributed by atoms with Crippen LogP contribution < -0.4 is 16.0 Å². The summed E-state index contributed by atoms with van der Waals surface area (Å²) in [6, 6.07) is 9.39. The molecule has 0 saturated carbocycles. The molecule has 0 aliphatic rings. The number of hydrazine groups is 1. The molecular weight excluding hydrogens is 316 g/mol. The minimum Gasteiger partial charge on any atom is -0.432 e. The van der Waals surface area contributed by atoms with Crippen LogP contribution in [0, 0.1) is 10.1 Å². The number of nitrogens with one attached hydrogen (secondary N) is 1. The van der Waals surface area contributed by atoms with Crippen LogP contribution in [-0.2, 0) is 0 Å². The Balaban J connectivity index is 2.34. The van der Waals surface area contributed by atoms with Crippen LogP contribution in [0.2, 0.25) is 0 Å². The summed E-state index contributed by atoms with van der Waals surface area (Å²) < 4.78 is 5.99. The molecule has 8 heteroatoms. The first-order chi connectivity index (χ1) is 9.10. The zero-order valence-electron chi connectivity index (χ0n) is 9.54. The van der Waals surface area contributed by atoms with Gasteiger partial charge in [-0.25, -0.2) is 5.84 Å². The minimum absolute atomic E-state index is 0.106. The van der Waals surface area contributed by atoms with Crippen molar-refractivity contribution in [3.8, 4) is 11.6 Å². The first-order valence-electron chi connectivity index (χ1n) is 5.15. The van der Waals surface area contributed by atoms with Gasteiger partial charge in [-0.2, -0.15) is 4.98 Å². The number of nitro benzene ring substituents is 1. The van der Waals surface area contributed by atoms with E-state index in [9.17, 15) is 10.1 Å². The summed E-state index contributed by atoms with van der Waals surface area (Å²) in [5, 5.41) is 10.9. The van der Waals surface area contributed by atoms with Gasteiger partial charge in [0.25, 0.3) is 0 Å². The highest BCUT2D eigenvalue weighted by atomic mass is 79.9. The average Bonchev–Trinajstić information content (AvgIpc) is 2.41. The van der Waals surface area contributed by atoms with Crippen molar-refractivity contribution in [1.29, 1.82) is 0 Å². The number of nitrogens with zero attached hydrogens (tertiary/aromatic N) is 2. The molecular formula is C11H9BrN4O3. The van der Waals surface area contributed by atoms with E-state index in [4.69, 9.17) is 10.6 Å². The van der Waals surface area contributed by atoms with Crippen molar-refractivity contribution in [3.05, 3.63) is 51.0 Å². The van der Waals surface area contributed by atoms with Crippen molar-refractivity contribution >= 4 is 27.4 Å². The lowest BCUT2D eigenvalue weighted by molar-refractivity contribution is -0.385. The second kappa shape index (κ2) is 5.63. The fourth-order valence-corrected chi connectivity index (χ4v) is 1.73. The van der Waals surface area contributed by atoms with Crippen LogP contribution in [0.25, 0.3) is 0 Å². The molecule has 1 aromatic heterocycles. The Bertz CT molecular complexity index is 621. The lowest BCUT2D eigenvalue weighted by Gasteiger charge is -2.07. The number of ether oxygens (including phenoxy) is 1. The van der Waals surface area contributed by atoms with Crippen LogP contribution in [0.4, 0.5) is 11.5 Å². The quantitative estimate of drug-likeness (QED) is 0.509. The first kappa shape index (κ1) is 13.2. The van der Waals surface area contributed by atoms with E-state index in [2.05, 4.69) is 26.3 Å². The summed E-state index contributed by atoms with van der Waals surface area (Å²) in [6.07, 6.45) is 0. The highest BCUT2D eigenvalue weighted by Crippen LogP contribution is 2.33. The van der Waals surface area contributed by atoms with E-state index in [-0.39, 0.29) is 17.3 Å². The molecule has 0 spiro atoms. The van der Waals surface area contributed by atoms with Crippen LogP contribution in [-0.4, -0.2) is 9.91 Å². The van der Waals surface area contributed by atoms with Crippen molar-refractivity contribution in [2.45, 2.75) is 0 Å². The molecule has 0 radical (unpaired) electrons. The Hall–Kier alpha value is -2.19. The SMILES string of the molecule is NNc1cccc(Oc2ccc(Br)cc2[N+](=O)[O-])n1. The zero-order valence-corrected chi connectivity index (χ0v) is 11.1. The van der Waals surface area contributed by atoms with Gasteiger partial charge in [-0.1, -0.05) is 22.0 Å². The van der Waals surface area contributed by atoms with E-state index in [0.717, 1.165) is 0 Å². The molecule has 0 atom stereocenters. The van der Waals surface area contributed by atoms with E-state index in [1.54, 1.807) is 24.3 Å². The number of hydrogen-bond donors (Lipinski definition) is 2. The Morgan fingerprint density at radius 3 is 2.84 bits per heavy atom. The summed E-state index contributed by atoms with van der Waals surface area (Å²) in [5.41, 5.74) is 2.22. The maximum atomic E-state index is 10.9. The topological polar surface area (TPSA) is 103 Å². The third kappa shape index (κ3) is 3.18. The normalized spacial score (nSPS) is 10.0. The molecule has 0 aliphatic heterocycles. The molecule has 0 saturated heterocycles. The number of nitrogens with two attached hydrogens (primary N) is 1. The predicted octanol–water partition coefficient (Wildman–Crippen LogP) is 2.83. The standard InChI is InChI=1S/C11H9BrN4O3/c12-7-4-5-9(8(6-7)16(17)18)19-11-3-1-2-10(14-11)15-13/h1-6H,13H2,(H,14,15). The third-order valence-corrected chi connectivity index (χ3v) is 2.70. The Morgan fingerprint density at radius 2 is 2.16 bits per heavy atom. The van der Waals surface area contributed by atoms with Crippen molar-refractivity contribution in [2.75, 3.05) is 5.43 Å². The van der Waals surface area contributed by atoms with Gasteiger partial charge in [0.15, 0.2) is 0 Å². The predicted molar refractivity (Wildman–Crippen MR) is 72.9 cm³/mol. The second-order valence-corrected chi connectivity index (χ2v) is 4.39. The fourth-order valence-electron chi connectivity index (χ4n) is 1.38. The van der Waals surface area contributed by atoms with E-state index in [1.165, 1.54) is 12.1 Å². The molecule has 1 heterocycles.